The maximum atomic E-state index is 11.6. The van der Waals surface area contributed by atoms with Crippen molar-refractivity contribution in [3.63, 3.8) is 0 Å². The van der Waals surface area contributed by atoms with Gasteiger partial charge in [-0.05, 0) is 45.9 Å². The van der Waals surface area contributed by atoms with Crippen molar-refractivity contribution < 1.29 is 4.79 Å². The van der Waals surface area contributed by atoms with Gasteiger partial charge in [-0.1, -0.05) is 6.07 Å². The zero-order chi connectivity index (χ0) is 12.1. The minimum Gasteiger partial charge on any atom is -0.325 e. The molecule has 3 nitrogen and oxygen atoms in total. The zero-order valence-electron chi connectivity index (χ0n) is 9.02. The number of nitrogens with one attached hydrogen (secondary N) is 1. The predicted octanol–water partition coefficient (Wildman–Crippen LogP) is 3.48. The fraction of sp³-hybridized carbons (Fsp3) is 0.167. The molecule has 88 valence electrons. The average molecular weight is 311 g/mol. The summed E-state index contributed by atoms with van der Waals surface area (Å²) in [5, 5.41) is 4.83. The SMILES string of the molecule is O=C(CCc1cccs1)Nc1ccc(Br)nc1. The second-order valence-corrected chi connectivity index (χ2v) is 5.34. The highest BCUT2D eigenvalue weighted by Crippen LogP contribution is 2.13. The van der Waals surface area contributed by atoms with Crippen LogP contribution in [-0.2, 0) is 11.2 Å². The van der Waals surface area contributed by atoms with E-state index in [0.717, 1.165) is 16.7 Å². The van der Waals surface area contributed by atoms with E-state index >= 15 is 0 Å². The molecule has 0 bridgehead atoms. The summed E-state index contributed by atoms with van der Waals surface area (Å²) in [6, 6.07) is 7.66. The van der Waals surface area contributed by atoms with Gasteiger partial charge in [0.1, 0.15) is 4.60 Å². The first-order valence-corrected chi connectivity index (χ1v) is 6.85. The topological polar surface area (TPSA) is 42.0 Å². The number of amides is 1. The van der Waals surface area contributed by atoms with E-state index in [-0.39, 0.29) is 5.91 Å². The summed E-state index contributed by atoms with van der Waals surface area (Å²) >= 11 is 4.92. The normalized spacial score (nSPS) is 10.2. The average Bonchev–Trinajstić information content (AvgIpc) is 2.83. The lowest BCUT2D eigenvalue weighted by Gasteiger charge is -2.03. The molecule has 0 spiro atoms. The van der Waals surface area contributed by atoms with Crippen LogP contribution in [0.2, 0.25) is 0 Å². The van der Waals surface area contributed by atoms with Crippen molar-refractivity contribution in [2.24, 2.45) is 0 Å². The van der Waals surface area contributed by atoms with Crippen molar-refractivity contribution in [3.8, 4) is 0 Å². The Balaban J connectivity index is 1.83. The highest BCUT2D eigenvalue weighted by Gasteiger charge is 2.03. The van der Waals surface area contributed by atoms with Crippen molar-refractivity contribution >= 4 is 38.9 Å². The molecule has 0 atom stereocenters. The summed E-state index contributed by atoms with van der Waals surface area (Å²) in [6.07, 6.45) is 2.91. The smallest absolute Gasteiger partial charge is 0.224 e. The molecular formula is C12H11BrN2OS. The molecule has 0 saturated heterocycles. The van der Waals surface area contributed by atoms with Gasteiger partial charge in [0.05, 0.1) is 11.9 Å². The number of carbonyl (C=O) groups excluding carboxylic acids is 1. The Labute approximate surface area is 112 Å². The Hall–Kier alpha value is -1.20. The number of pyridine rings is 1. The second kappa shape index (κ2) is 5.93. The van der Waals surface area contributed by atoms with Gasteiger partial charge in [-0.3, -0.25) is 4.79 Å². The number of aryl methyl sites for hydroxylation is 1. The van der Waals surface area contributed by atoms with Crippen LogP contribution in [0, 0.1) is 0 Å². The Kier molecular flexibility index (Phi) is 4.28. The van der Waals surface area contributed by atoms with E-state index in [1.54, 1.807) is 23.6 Å². The lowest BCUT2D eigenvalue weighted by molar-refractivity contribution is -0.116. The van der Waals surface area contributed by atoms with Gasteiger partial charge in [-0.2, -0.15) is 0 Å². The molecule has 2 rings (SSSR count). The van der Waals surface area contributed by atoms with Crippen LogP contribution >= 0.6 is 27.3 Å². The molecule has 0 aliphatic rings. The number of halogens is 1. The molecular weight excluding hydrogens is 300 g/mol. The Morgan fingerprint density at radius 3 is 2.94 bits per heavy atom. The first-order valence-electron chi connectivity index (χ1n) is 5.18. The van der Waals surface area contributed by atoms with E-state index in [0.29, 0.717) is 6.42 Å². The molecule has 17 heavy (non-hydrogen) atoms. The van der Waals surface area contributed by atoms with E-state index < -0.39 is 0 Å². The molecule has 2 aromatic heterocycles. The van der Waals surface area contributed by atoms with Gasteiger partial charge < -0.3 is 5.32 Å². The van der Waals surface area contributed by atoms with Crippen molar-refractivity contribution in [1.29, 1.82) is 0 Å². The largest absolute Gasteiger partial charge is 0.325 e. The lowest BCUT2D eigenvalue weighted by Crippen LogP contribution is -2.12. The van der Waals surface area contributed by atoms with Gasteiger partial charge in [0.15, 0.2) is 0 Å². The Morgan fingerprint density at radius 1 is 1.41 bits per heavy atom. The number of nitrogens with zero attached hydrogens (tertiary/aromatic N) is 1. The molecule has 1 amide bonds. The molecule has 2 heterocycles. The number of hydrogen-bond donors (Lipinski definition) is 1. The van der Waals surface area contributed by atoms with Crippen LogP contribution in [0.15, 0.2) is 40.4 Å². The highest BCUT2D eigenvalue weighted by atomic mass is 79.9. The van der Waals surface area contributed by atoms with Crippen molar-refractivity contribution in [2.45, 2.75) is 12.8 Å². The summed E-state index contributed by atoms with van der Waals surface area (Å²) < 4.78 is 0.758. The minimum absolute atomic E-state index is 0.0162. The molecule has 0 aromatic carbocycles. The quantitative estimate of drug-likeness (QED) is 0.878. The van der Waals surface area contributed by atoms with Gasteiger partial charge >= 0.3 is 0 Å². The van der Waals surface area contributed by atoms with Gasteiger partial charge in [-0.15, -0.1) is 11.3 Å². The van der Waals surface area contributed by atoms with E-state index in [4.69, 9.17) is 0 Å². The second-order valence-electron chi connectivity index (χ2n) is 3.50. The molecule has 0 radical (unpaired) electrons. The van der Waals surface area contributed by atoms with Crippen molar-refractivity contribution in [2.75, 3.05) is 5.32 Å². The molecule has 0 saturated carbocycles. The highest BCUT2D eigenvalue weighted by molar-refractivity contribution is 9.10. The van der Waals surface area contributed by atoms with Crippen LogP contribution in [0.25, 0.3) is 0 Å². The lowest BCUT2D eigenvalue weighted by atomic mass is 10.2. The third kappa shape index (κ3) is 3.94. The van der Waals surface area contributed by atoms with Crippen LogP contribution < -0.4 is 5.32 Å². The van der Waals surface area contributed by atoms with E-state index in [2.05, 4.69) is 26.2 Å². The molecule has 2 aromatic rings. The maximum absolute atomic E-state index is 11.6. The van der Waals surface area contributed by atoms with Crippen molar-refractivity contribution in [3.05, 3.63) is 45.3 Å². The number of thiophene rings is 1. The number of aromatic nitrogens is 1. The number of rotatable bonds is 4. The van der Waals surface area contributed by atoms with Crippen LogP contribution in [0.4, 0.5) is 5.69 Å². The summed E-state index contributed by atoms with van der Waals surface area (Å²) in [5.41, 5.74) is 0.726. The van der Waals surface area contributed by atoms with Crippen LogP contribution in [0.5, 0.6) is 0 Å². The third-order valence-corrected chi connectivity index (χ3v) is 3.59. The molecule has 0 aliphatic carbocycles. The predicted molar refractivity (Wildman–Crippen MR) is 73.2 cm³/mol. The number of hydrogen-bond acceptors (Lipinski definition) is 3. The molecule has 5 heteroatoms. The maximum Gasteiger partial charge on any atom is 0.224 e. The van der Waals surface area contributed by atoms with E-state index in [1.165, 1.54) is 4.88 Å². The minimum atomic E-state index is 0.0162. The van der Waals surface area contributed by atoms with E-state index in [1.807, 2.05) is 23.6 Å². The molecule has 0 unspecified atom stereocenters. The molecule has 1 N–H and O–H groups in total. The number of anilines is 1. The number of carbonyl (C=O) groups is 1. The standard InChI is InChI=1S/C12H11BrN2OS/c13-11-5-3-9(8-14-11)15-12(16)6-4-10-2-1-7-17-10/h1-3,5,7-8H,4,6H2,(H,15,16). The summed E-state index contributed by atoms with van der Waals surface area (Å²) in [6.45, 7) is 0. The van der Waals surface area contributed by atoms with Crippen LogP contribution in [0.3, 0.4) is 0 Å². The van der Waals surface area contributed by atoms with Gasteiger partial charge in [0.25, 0.3) is 0 Å². The van der Waals surface area contributed by atoms with Gasteiger partial charge in [0, 0.05) is 11.3 Å². The Morgan fingerprint density at radius 2 is 2.29 bits per heavy atom. The fourth-order valence-electron chi connectivity index (χ4n) is 1.36. The van der Waals surface area contributed by atoms with Gasteiger partial charge in [0.2, 0.25) is 5.91 Å². The third-order valence-electron chi connectivity index (χ3n) is 2.19. The van der Waals surface area contributed by atoms with Crippen LogP contribution in [0.1, 0.15) is 11.3 Å². The molecule has 0 fully saturated rings. The van der Waals surface area contributed by atoms with Crippen molar-refractivity contribution in [1.82, 2.24) is 4.98 Å². The molecule has 0 aliphatic heterocycles. The van der Waals surface area contributed by atoms with E-state index in [9.17, 15) is 4.79 Å². The summed E-state index contributed by atoms with van der Waals surface area (Å²) in [4.78, 5) is 16.9. The Bertz CT molecular complexity index is 482. The first-order chi connectivity index (χ1) is 8.24. The van der Waals surface area contributed by atoms with Crippen LogP contribution in [-0.4, -0.2) is 10.9 Å². The van der Waals surface area contributed by atoms with Gasteiger partial charge in [-0.25, -0.2) is 4.98 Å². The first kappa shape index (κ1) is 12.3. The summed E-state index contributed by atoms with van der Waals surface area (Å²) in [7, 11) is 0. The zero-order valence-corrected chi connectivity index (χ0v) is 11.4. The fourth-order valence-corrected chi connectivity index (χ4v) is 2.31. The monoisotopic (exact) mass is 310 g/mol. The summed E-state index contributed by atoms with van der Waals surface area (Å²) in [5.74, 6) is 0.0162.